The zero-order chi connectivity index (χ0) is 24.0. The molecule has 0 spiro atoms. The van der Waals surface area contributed by atoms with Gasteiger partial charge in [0.15, 0.2) is 0 Å². The highest BCUT2D eigenvalue weighted by Gasteiger charge is 2.29. The number of sulfonamides is 1. The van der Waals surface area contributed by atoms with E-state index in [9.17, 15) is 17.6 Å². The van der Waals surface area contributed by atoms with Gasteiger partial charge in [0.05, 0.1) is 32.8 Å². The van der Waals surface area contributed by atoms with E-state index < -0.39 is 10.0 Å². The molecular formula is C23H30FN3O5S. The molecule has 8 nitrogen and oxygen atoms in total. The number of likely N-dealkylation sites (N-methyl/N-ethyl adjacent to an activating group) is 1. The van der Waals surface area contributed by atoms with Gasteiger partial charge in [0.25, 0.3) is 0 Å². The van der Waals surface area contributed by atoms with E-state index in [0.29, 0.717) is 18.8 Å². The number of halogens is 1. The van der Waals surface area contributed by atoms with Gasteiger partial charge in [0, 0.05) is 19.6 Å². The highest BCUT2D eigenvalue weighted by atomic mass is 32.2. The van der Waals surface area contributed by atoms with Crippen LogP contribution in [0.2, 0.25) is 0 Å². The molecule has 33 heavy (non-hydrogen) atoms. The lowest BCUT2D eigenvalue weighted by Gasteiger charge is -2.27. The Labute approximate surface area is 194 Å². The topological polar surface area (TPSA) is 88.2 Å². The molecule has 1 saturated heterocycles. The third-order valence-corrected chi connectivity index (χ3v) is 7.45. The highest BCUT2D eigenvalue weighted by molar-refractivity contribution is 7.89. The van der Waals surface area contributed by atoms with Crippen molar-refractivity contribution in [3.63, 3.8) is 0 Å². The van der Waals surface area contributed by atoms with Crippen molar-refractivity contribution in [1.82, 2.24) is 14.5 Å². The fraction of sp³-hybridized carbons (Fsp3) is 0.435. The van der Waals surface area contributed by atoms with Gasteiger partial charge in [-0.2, -0.15) is 4.31 Å². The number of methoxy groups -OCH3 is 1. The molecule has 1 unspecified atom stereocenters. The summed E-state index contributed by atoms with van der Waals surface area (Å²) in [6.07, 6.45) is -0.00107. The summed E-state index contributed by atoms with van der Waals surface area (Å²) in [5.41, 5.74) is 1.30. The van der Waals surface area contributed by atoms with Gasteiger partial charge >= 0.3 is 0 Å². The zero-order valence-corrected chi connectivity index (χ0v) is 19.9. The Morgan fingerprint density at radius 1 is 1.21 bits per heavy atom. The Balaban J connectivity index is 1.72. The maximum Gasteiger partial charge on any atom is 0.246 e. The van der Waals surface area contributed by atoms with Gasteiger partial charge in [0.1, 0.15) is 16.5 Å². The van der Waals surface area contributed by atoms with Gasteiger partial charge in [-0.05, 0) is 49.5 Å². The number of ether oxygens (including phenoxy) is 2. The van der Waals surface area contributed by atoms with E-state index in [1.54, 1.807) is 18.2 Å². The molecule has 0 aliphatic carbocycles. The number of hydrogen-bond acceptors (Lipinski definition) is 6. The fourth-order valence-corrected chi connectivity index (χ4v) is 5.34. The minimum absolute atomic E-state index is 0.00107. The largest absolute Gasteiger partial charge is 0.495 e. The van der Waals surface area contributed by atoms with Crippen LogP contribution in [0.5, 0.6) is 5.75 Å². The van der Waals surface area contributed by atoms with Gasteiger partial charge in [-0.3, -0.25) is 4.79 Å². The van der Waals surface area contributed by atoms with Crippen molar-refractivity contribution in [2.75, 3.05) is 54.1 Å². The van der Waals surface area contributed by atoms with Crippen LogP contribution in [0, 0.1) is 5.82 Å². The van der Waals surface area contributed by atoms with Crippen LogP contribution in [-0.4, -0.2) is 77.6 Å². The molecule has 2 aromatic rings. The second-order valence-corrected chi connectivity index (χ2v) is 9.92. The summed E-state index contributed by atoms with van der Waals surface area (Å²) in [4.78, 5) is 14.6. The van der Waals surface area contributed by atoms with E-state index in [1.807, 2.05) is 25.1 Å². The Morgan fingerprint density at radius 3 is 2.58 bits per heavy atom. The lowest BCUT2D eigenvalue weighted by atomic mass is 10.1. The first-order valence-electron chi connectivity index (χ1n) is 10.7. The van der Waals surface area contributed by atoms with Gasteiger partial charge in [-0.25, -0.2) is 12.8 Å². The standard InChI is InChI=1S/C23H30FN3O5S/c1-26(2)20(18-5-4-6-19(24)15-18)16-25-23(28)14-17-7-8-21(31-3)22(13-17)33(29,30)27-9-11-32-12-10-27/h4-8,13,15,20H,9-12,14,16H2,1-3H3,(H,25,28). The second-order valence-electron chi connectivity index (χ2n) is 8.02. The second kappa shape index (κ2) is 11.1. The summed E-state index contributed by atoms with van der Waals surface area (Å²) >= 11 is 0. The number of benzene rings is 2. The minimum atomic E-state index is -3.79. The maximum atomic E-state index is 13.6. The highest BCUT2D eigenvalue weighted by Crippen LogP contribution is 2.28. The molecule has 1 atom stereocenters. The molecule has 1 fully saturated rings. The maximum absolute atomic E-state index is 13.6. The van der Waals surface area contributed by atoms with Crippen molar-refractivity contribution in [2.45, 2.75) is 17.4 Å². The lowest BCUT2D eigenvalue weighted by Crippen LogP contribution is -2.40. The Morgan fingerprint density at radius 2 is 1.94 bits per heavy atom. The van der Waals surface area contributed by atoms with Crippen molar-refractivity contribution in [2.24, 2.45) is 0 Å². The summed E-state index contributed by atoms with van der Waals surface area (Å²) in [6.45, 7) is 1.48. The van der Waals surface area contributed by atoms with Crippen molar-refractivity contribution in [1.29, 1.82) is 0 Å². The van der Waals surface area contributed by atoms with E-state index in [-0.39, 0.29) is 54.5 Å². The molecule has 1 amide bonds. The molecule has 0 saturated carbocycles. The van der Waals surface area contributed by atoms with Crippen molar-refractivity contribution in [3.05, 3.63) is 59.4 Å². The molecule has 1 aliphatic heterocycles. The fourth-order valence-electron chi connectivity index (χ4n) is 3.73. The van der Waals surface area contributed by atoms with Crippen LogP contribution in [0.4, 0.5) is 4.39 Å². The third-order valence-electron chi connectivity index (χ3n) is 5.53. The SMILES string of the molecule is COc1ccc(CC(=O)NCC(c2cccc(F)c2)N(C)C)cc1S(=O)(=O)N1CCOCC1. The first kappa shape index (κ1) is 25.1. The van der Waals surface area contributed by atoms with Crippen LogP contribution in [0.1, 0.15) is 17.2 Å². The van der Waals surface area contributed by atoms with Gasteiger partial charge in [0.2, 0.25) is 15.9 Å². The van der Waals surface area contributed by atoms with E-state index >= 15 is 0 Å². The van der Waals surface area contributed by atoms with Gasteiger partial charge in [-0.1, -0.05) is 18.2 Å². The van der Waals surface area contributed by atoms with E-state index in [0.717, 1.165) is 5.56 Å². The molecule has 2 aromatic carbocycles. The monoisotopic (exact) mass is 479 g/mol. The number of rotatable bonds is 9. The van der Waals surface area contributed by atoms with Crippen LogP contribution in [0.3, 0.4) is 0 Å². The van der Waals surface area contributed by atoms with Crippen LogP contribution in [0.25, 0.3) is 0 Å². The van der Waals surface area contributed by atoms with Crippen molar-refractivity contribution in [3.8, 4) is 5.75 Å². The summed E-state index contributed by atoms with van der Waals surface area (Å²) in [5.74, 6) is -0.375. The number of hydrogen-bond donors (Lipinski definition) is 1. The van der Waals surface area contributed by atoms with E-state index in [4.69, 9.17) is 9.47 Å². The molecule has 1 aliphatic rings. The van der Waals surface area contributed by atoms with Crippen LogP contribution >= 0.6 is 0 Å². The quantitative estimate of drug-likeness (QED) is 0.590. The predicted octanol–water partition coefficient (Wildman–Crippen LogP) is 1.82. The average molecular weight is 480 g/mol. The summed E-state index contributed by atoms with van der Waals surface area (Å²) in [6, 6.07) is 10.8. The van der Waals surface area contributed by atoms with Crippen molar-refractivity contribution >= 4 is 15.9 Å². The first-order chi connectivity index (χ1) is 15.7. The smallest absolute Gasteiger partial charge is 0.246 e. The molecule has 1 N–H and O–H groups in total. The summed E-state index contributed by atoms with van der Waals surface area (Å²) in [7, 11) is 1.34. The normalized spacial score (nSPS) is 15.9. The number of carbonyl (C=O) groups is 1. The van der Waals surface area contributed by atoms with E-state index in [2.05, 4.69) is 5.32 Å². The summed E-state index contributed by atoms with van der Waals surface area (Å²) < 4.78 is 51.8. The first-order valence-corrected chi connectivity index (χ1v) is 12.1. The molecule has 0 aromatic heterocycles. The molecule has 0 radical (unpaired) electrons. The molecule has 3 rings (SSSR count). The number of carbonyl (C=O) groups excluding carboxylic acids is 1. The molecule has 0 bridgehead atoms. The molecular weight excluding hydrogens is 449 g/mol. The number of morpholine rings is 1. The predicted molar refractivity (Wildman–Crippen MR) is 122 cm³/mol. The van der Waals surface area contributed by atoms with Crippen LogP contribution in [-0.2, 0) is 26.0 Å². The Kier molecular flexibility index (Phi) is 8.41. The molecule has 10 heteroatoms. The number of nitrogens with zero attached hydrogens (tertiary/aromatic N) is 2. The Hall–Kier alpha value is -2.53. The van der Waals surface area contributed by atoms with Crippen LogP contribution in [0.15, 0.2) is 47.4 Å². The molecule has 1 heterocycles. The zero-order valence-electron chi connectivity index (χ0n) is 19.1. The summed E-state index contributed by atoms with van der Waals surface area (Å²) in [5, 5.41) is 2.87. The van der Waals surface area contributed by atoms with Crippen molar-refractivity contribution < 1.29 is 27.1 Å². The minimum Gasteiger partial charge on any atom is -0.495 e. The van der Waals surface area contributed by atoms with E-state index in [1.165, 1.54) is 29.6 Å². The number of amides is 1. The number of nitrogens with one attached hydrogen (secondary N) is 1. The Bertz CT molecular complexity index is 1070. The van der Waals surface area contributed by atoms with Crippen LogP contribution < -0.4 is 10.1 Å². The lowest BCUT2D eigenvalue weighted by molar-refractivity contribution is -0.120. The average Bonchev–Trinajstić information content (AvgIpc) is 2.79. The van der Waals surface area contributed by atoms with Gasteiger partial charge < -0.3 is 19.7 Å². The molecule has 180 valence electrons. The third kappa shape index (κ3) is 6.29. The van der Waals surface area contributed by atoms with Gasteiger partial charge in [-0.15, -0.1) is 0 Å².